The average Bonchev–Trinajstić information content (AvgIpc) is 3.16. The van der Waals surface area contributed by atoms with Crippen LogP contribution >= 0.6 is 24.0 Å². The molecule has 6 nitrogen and oxygen atoms in total. The molecule has 1 heterocycles. The molecule has 0 atom stereocenters. The van der Waals surface area contributed by atoms with Gasteiger partial charge in [0.15, 0.2) is 5.96 Å². The maximum atomic E-state index is 12.1. The highest BCUT2D eigenvalue weighted by Gasteiger charge is 2.24. The summed E-state index contributed by atoms with van der Waals surface area (Å²) in [4.78, 5) is 21.4. The number of likely N-dealkylation sites (N-methyl/N-ethyl adjacent to an activating group) is 1. The lowest BCUT2D eigenvalue weighted by Crippen LogP contribution is -2.50. The molecule has 0 aromatic heterocycles. The van der Waals surface area contributed by atoms with Gasteiger partial charge in [0, 0.05) is 44.2 Å². The number of likely N-dealkylation sites (tertiary alicyclic amines) is 1. The Kier molecular flexibility index (Phi) is 11.6. The SMILES string of the molecule is CCNC(=NCCN(C)C1CCCC1)NC1CCN(C(=O)C(C)C)CC1.I. The molecule has 2 fully saturated rings. The third-order valence-corrected chi connectivity index (χ3v) is 5.66. The molecule has 0 radical (unpaired) electrons. The lowest BCUT2D eigenvalue weighted by atomic mass is 10.0. The van der Waals surface area contributed by atoms with Crippen LogP contribution in [-0.4, -0.2) is 73.5 Å². The Hall–Kier alpha value is -0.570. The fourth-order valence-corrected chi connectivity index (χ4v) is 3.97. The minimum atomic E-state index is 0. The number of rotatable bonds is 7. The van der Waals surface area contributed by atoms with Crippen molar-refractivity contribution in [1.29, 1.82) is 0 Å². The second-order valence-corrected chi connectivity index (χ2v) is 8.08. The van der Waals surface area contributed by atoms with Crippen molar-refractivity contribution < 1.29 is 4.79 Å². The zero-order valence-electron chi connectivity index (χ0n) is 17.7. The van der Waals surface area contributed by atoms with E-state index in [2.05, 4.69) is 29.5 Å². The number of aliphatic imine (C=N–C) groups is 1. The van der Waals surface area contributed by atoms with Crippen LogP contribution in [0.3, 0.4) is 0 Å². The van der Waals surface area contributed by atoms with E-state index in [1.54, 1.807) is 0 Å². The highest BCUT2D eigenvalue weighted by molar-refractivity contribution is 14.0. The molecule has 1 aliphatic heterocycles. The van der Waals surface area contributed by atoms with Gasteiger partial charge in [0.05, 0.1) is 6.54 Å². The summed E-state index contributed by atoms with van der Waals surface area (Å²) in [5.41, 5.74) is 0. The van der Waals surface area contributed by atoms with Crippen molar-refractivity contribution in [3.05, 3.63) is 0 Å². The molecule has 1 saturated carbocycles. The van der Waals surface area contributed by atoms with Gasteiger partial charge >= 0.3 is 0 Å². The van der Waals surface area contributed by atoms with Crippen molar-refractivity contribution in [3.63, 3.8) is 0 Å². The third kappa shape index (κ3) is 8.13. The van der Waals surface area contributed by atoms with Gasteiger partial charge in [-0.3, -0.25) is 9.79 Å². The van der Waals surface area contributed by atoms with Crippen LogP contribution in [0, 0.1) is 5.92 Å². The normalized spacial score (nSPS) is 19.5. The first-order chi connectivity index (χ1) is 12.5. The summed E-state index contributed by atoms with van der Waals surface area (Å²) < 4.78 is 0. The summed E-state index contributed by atoms with van der Waals surface area (Å²) >= 11 is 0. The van der Waals surface area contributed by atoms with Crippen LogP contribution in [0.25, 0.3) is 0 Å². The van der Waals surface area contributed by atoms with E-state index in [0.717, 1.165) is 57.6 Å². The second-order valence-electron chi connectivity index (χ2n) is 8.08. The van der Waals surface area contributed by atoms with E-state index in [4.69, 9.17) is 4.99 Å². The number of guanidine groups is 1. The zero-order valence-corrected chi connectivity index (χ0v) is 20.0. The fourth-order valence-electron chi connectivity index (χ4n) is 3.97. The Labute approximate surface area is 182 Å². The molecule has 0 spiro atoms. The Morgan fingerprint density at radius 1 is 1.19 bits per heavy atom. The topological polar surface area (TPSA) is 60.0 Å². The van der Waals surface area contributed by atoms with Gasteiger partial charge in [-0.1, -0.05) is 26.7 Å². The van der Waals surface area contributed by atoms with Gasteiger partial charge in [0.1, 0.15) is 0 Å². The van der Waals surface area contributed by atoms with Crippen molar-refractivity contribution in [1.82, 2.24) is 20.4 Å². The third-order valence-electron chi connectivity index (χ3n) is 5.66. The summed E-state index contributed by atoms with van der Waals surface area (Å²) in [7, 11) is 2.23. The molecule has 1 amide bonds. The van der Waals surface area contributed by atoms with E-state index < -0.39 is 0 Å². The molecule has 1 aliphatic carbocycles. The van der Waals surface area contributed by atoms with Crippen molar-refractivity contribution in [3.8, 4) is 0 Å². The maximum Gasteiger partial charge on any atom is 0.225 e. The van der Waals surface area contributed by atoms with Crippen LogP contribution in [0.2, 0.25) is 0 Å². The summed E-state index contributed by atoms with van der Waals surface area (Å²) in [6, 6.07) is 1.15. The van der Waals surface area contributed by atoms with Crippen LogP contribution in [-0.2, 0) is 4.79 Å². The van der Waals surface area contributed by atoms with Crippen LogP contribution in [0.15, 0.2) is 4.99 Å². The van der Waals surface area contributed by atoms with E-state index in [0.29, 0.717) is 6.04 Å². The van der Waals surface area contributed by atoms with Crippen LogP contribution in [0.5, 0.6) is 0 Å². The molecule has 2 aliphatic rings. The predicted molar refractivity (Wildman–Crippen MR) is 124 cm³/mol. The number of halogens is 1. The highest BCUT2D eigenvalue weighted by Crippen LogP contribution is 2.21. The Morgan fingerprint density at radius 2 is 1.81 bits per heavy atom. The Balaban J connectivity index is 0.00000364. The van der Waals surface area contributed by atoms with Gasteiger partial charge in [0.2, 0.25) is 5.91 Å². The van der Waals surface area contributed by atoms with Crippen molar-refractivity contribution in [2.45, 2.75) is 71.4 Å². The van der Waals surface area contributed by atoms with E-state index >= 15 is 0 Å². The number of nitrogens with zero attached hydrogens (tertiary/aromatic N) is 3. The molecule has 1 saturated heterocycles. The number of piperidine rings is 1. The van der Waals surface area contributed by atoms with Gasteiger partial charge < -0.3 is 20.4 Å². The van der Waals surface area contributed by atoms with Crippen molar-refractivity contribution >= 4 is 35.8 Å². The first kappa shape index (κ1) is 24.5. The molecule has 0 bridgehead atoms. The van der Waals surface area contributed by atoms with Gasteiger partial charge in [-0.15, -0.1) is 24.0 Å². The number of carbonyl (C=O) groups excluding carboxylic acids is 1. The van der Waals surface area contributed by atoms with Crippen LogP contribution in [0.1, 0.15) is 59.3 Å². The smallest absolute Gasteiger partial charge is 0.225 e. The highest BCUT2D eigenvalue weighted by atomic mass is 127. The van der Waals surface area contributed by atoms with E-state index in [9.17, 15) is 4.79 Å². The average molecular weight is 493 g/mol. The lowest BCUT2D eigenvalue weighted by molar-refractivity contribution is -0.135. The molecule has 27 heavy (non-hydrogen) atoms. The second kappa shape index (κ2) is 12.8. The molecule has 7 heteroatoms. The molecular formula is C20H40IN5O. The van der Waals surface area contributed by atoms with Gasteiger partial charge in [-0.2, -0.15) is 0 Å². The van der Waals surface area contributed by atoms with E-state index in [1.807, 2.05) is 18.7 Å². The molecule has 2 N–H and O–H groups in total. The fraction of sp³-hybridized carbons (Fsp3) is 0.900. The summed E-state index contributed by atoms with van der Waals surface area (Å²) in [6.45, 7) is 10.5. The molecule has 0 unspecified atom stereocenters. The molecule has 0 aromatic carbocycles. The minimum Gasteiger partial charge on any atom is -0.357 e. The van der Waals surface area contributed by atoms with Crippen molar-refractivity contribution in [2.24, 2.45) is 10.9 Å². The first-order valence-corrected chi connectivity index (χ1v) is 10.5. The standard InChI is InChI=1S/C20H39N5O.HI/c1-5-21-20(22-12-15-24(4)18-8-6-7-9-18)23-17-10-13-25(14-11-17)19(26)16(2)3;/h16-18H,5-15H2,1-4H3,(H2,21,22,23);1H. The number of amides is 1. The number of nitrogens with one attached hydrogen (secondary N) is 2. The Bertz CT molecular complexity index is 457. The van der Waals surface area contributed by atoms with Crippen LogP contribution < -0.4 is 10.6 Å². The van der Waals surface area contributed by atoms with Gasteiger partial charge in [-0.05, 0) is 39.7 Å². The quantitative estimate of drug-likeness (QED) is 0.325. The van der Waals surface area contributed by atoms with E-state index in [1.165, 1.54) is 25.7 Å². The largest absolute Gasteiger partial charge is 0.357 e. The lowest BCUT2D eigenvalue weighted by Gasteiger charge is -2.34. The van der Waals surface area contributed by atoms with E-state index in [-0.39, 0.29) is 35.8 Å². The minimum absolute atomic E-state index is 0. The summed E-state index contributed by atoms with van der Waals surface area (Å²) in [6.07, 6.45) is 7.41. The maximum absolute atomic E-state index is 12.1. The summed E-state index contributed by atoms with van der Waals surface area (Å²) in [5.74, 6) is 1.29. The molecule has 2 rings (SSSR count). The van der Waals surface area contributed by atoms with Crippen LogP contribution in [0.4, 0.5) is 0 Å². The first-order valence-electron chi connectivity index (χ1n) is 10.5. The molecular weight excluding hydrogens is 453 g/mol. The number of hydrogen-bond acceptors (Lipinski definition) is 3. The molecule has 0 aromatic rings. The van der Waals surface area contributed by atoms with Crippen molar-refractivity contribution in [2.75, 3.05) is 39.8 Å². The monoisotopic (exact) mass is 493 g/mol. The van der Waals surface area contributed by atoms with Gasteiger partial charge in [0.25, 0.3) is 0 Å². The van der Waals surface area contributed by atoms with Gasteiger partial charge in [-0.25, -0.2) is 0 Å². The summed E-state index contributed by atoms with van der Waals surface area (Å²) in [5, 5.41) is 6.94. The predicted octanol–water partition coefficient (Wildman–Crippen LogP) is 2.68. The molecule has 158 valence electrons. The number of carbonyl (C=O) groups is 1. The zero-order chi connectivity index (χ0) is 18.9. The number of hydrogen-bond donors (Lipinski definition) is 2. The Morgan fingerprint density at radius 3 is 2.37 bits per heavy atom.